The zero-order valence-electron chi connectivity index (χ0n) is 13.8. The largest absolute Gasteiger partial charge is 0.475 e. The van der Waals surface area contributed by atoms with E-state index in [1.165, 1.54) is 30.3 Å². The van der Waals surface area contributed by atoms with E-state index >= 15 is 0 Å². The number of nitro groups is 1. The molecular weight excluding hydrogens is 412 g/mol. The van der Waals surface area contributed by atoms with Gasteiger partial charge in [0.1, 0.15) is 5.76 Å². The molecule has 1 aromatic heterocycles. The maximum absolute atomic E-state index is 12.5. The van der Waals surface area contributed by atoms with Crippen molar-refractivity contribution in [3.63, 3.8) is 0 Å². The third-order valence-corrected chi connectivity index (χ3v) is 5.38. The smallest absolute Gasteiger partial charge is 0.371 e. The number of aromatic carboxylic acids is 1. The van der Waals surface area contributed by atoms with Gasteiger partial charge in [0.15, 0.2) is 0 Å². The predicted octanol–water partition coefficient (Wildman–Crippen LogP) is 4.01. The van der Waals surface area contributed by atoms with E-state index in [0.29, 0.717) is 5.56 Å². The molecule has 0 aliphatic carbocycles. The lowest BCUT2D eigenvalue weighted by Gasteiger charge is -2.11. The summed E-state index contributed by atoms with van der Waals surface area (Å²) in [7, 11) is -4.07. The molecule has 0 spiro atoms. The van der Waals surface area contributed by atoms with Crippen molar-refractivity contribution >= 4 is 39.0 Å². The van der Waals surface area contributed by atoms with Gasteiger partial charge in [-0.1, -0.05) is 11.6 Å². The van der Waals surface area contributed by atoms with E-state index in [0.717, 1.165) is 24.3 Å². The van der Waals surface area contributed by atoms with Crippen LogP contribution in [0.15, 0.2) is 63.9 Å². The lowest BCUT2D eigenvalue weighted by Crippen LogP contribution is -2.13. The van der Waals surface area contributed by atoms with Gasteiger partial charge in [0.05, 0.1) is 20.5 Å². The molecule has 3 aromatic rings. The van der Waals surface area contributed by atoms with Crippen molar-refractivity contribution in [1.29, 1.82) is 0 Å². The number of halogens is 1. The summed E-state index contributed by atoms with van der Waals surface area (Å²) in [5.74, 6) is -1.29. The summed E-state index contributed by atoms with van der Waals surface area (Å²) in [6.45, 7) is 0. The molecule has 0 unspecified atom stereocenters. The predicted molar refractivity (Wildman–Crippen MR) is 100 cm³/mol. The summed E-state index contributed by atoms with van der Waals surface area (Å²) in [6, 6.07) is 11.4. The lowest BCUT2D eigenvalue weighted by molar-refractivity contribution is -0.384. The molecule has 2 aromatic carbocycles. The average molecular weight is 423 g/mol. The van der Waals surface area contributed by atoms with Crippen molar-refractivity contribution in [2.75, 3.05) is 4.72 Å². The summed E-state index contributed by atoms with van der Waals surface area (Å²) < 4.78 is 32.6. The van der Waals surface area contributed by atoms with Gasteiger partial charge in [-0.3, -0.25) is 14.8 Å². The van der Waals surface area contributed by atoms with Gasteiger partial charge in [-0.15, -0.1) is 0 Å². The fourth-order valence-corrected chi connectivity index (χ4v) is 3.61. The van der Waals surface area contributed by atoms with Gasteiger partial charge in [-0.25, -0.2) is 13.2 Å². The van der Waals surface area contributed by atoms with Crippen LogP contribution in [0.25, 0.3) is 11.3 Å². The Bertz CT molecular complexity index is 1170. The van der Waals surface area contributed by atoms with Gasteiger partial charge in [0.2, 0.25) is 5.76 Å². The zero-order valence-corrected chi connectivity index (χ0v) is 15.4. The quantitative estimate of drug-likeness (QED) is 0.451. The number of rotatable bonds is 6. The van der Waals surface area contributed by atoms with Crippen molar-refractivity contribution < 1.29 is 27.7 Å². The van der Waals surface area contributed by atoms with E-state index in [1.54, 1.807) is 0 Å². The van der Waals surface area contributed by atoms with Gasteiger partial charge >= 0.3 is 5.97 Å². The number of furan rings is 1. The van der Waals surface area contributed by atoms with E-state index in [2.05, 4.69) is 4.72 Å². The van der Waals surface area contributed by atoms with Crippen molar-refractivity contribution in [1.82, 2.24) is 0 Å². The maximum atomic E-state index is 12.5. The summed E-state index contributed by atoms with van der Waals surface area (Å²) >= 11 is 6.06. The van der Waals surface area contributed by atoms with Gasteiger partial charge in [0.25, 0.3) is 15.7 Å². The van der Waals surface area contributed by atoms with Gasteiger partial charge in [-0.2, -0.15) is 0 Å². The Morgan fingerprint density at radius 2 is 1.79 bits per heavy atom. The second kappa shape index (κ2) is 7.33. The molecule has 0 saturated heterocycles. The van der Waals surface area contributed by atoms with Crippen molar-refractivity contribution in [2.45, 2.75) is 4.90 Å². The highest BCUT2D eigenvalue weighted by atomic mass is 35.5. The summed E-state index contributed by atoms with van der Waals surface area (Å²) in [5.41, 5.74) is 0.190. The first-order valence-electron chi connectivity index (χ1n) is 7.58. The van der Waals surface area contributed by atoms with Gasteiger partial charge < -0.3 is 9.52 Å². The van der Waals surface area contributed by atoms with Crippen LogP contribution >= 0.6 is 11.6 Å². The number of nitro benzene ring substituents is 1. The number of hydrogen-bond donors (Lipinski definition) is 2. The molecule has 0 saturated carbocycles. The third-order valence-electron chi connectivity index (χ3n) is 3.67. The molecule has 0 aliphatic heterocycles. The van der Waals surface area contributed by atoms with E-state index in [-0.39, 0.29) is 32.8 Å². The Morgan fingerprint density at radius 1 is 1.11 bits per heavy atom. The molecule has 0 bridgehead atoms. The number of carboxylic acids is 1. The Morgan fingerprint density at radius 3 is 2.36 bits per heavy atom. The molecule has 28 heavy (non-hydrogen) atoms. The molecule has 0 amide bonds. The topological polar surface area (TPSA) is 140 Å². The minimum atomic E-state index is -4.07. The maximum Gasteiger partial charge on any atom is 0.371 e. The molecule has 1 heterocycles. The first-order valence-corrected chi connectivity index (χ1v) is 9.44. The number of non-ortho nitro benzene ring substituents is 1. The van der Waals surface area contributed by atoms with E-state index in [1.807, 2.05) is 0 Å². The van der Waals surface area contributed by atoms with Gasteiger partial charge in [-0.05, 0) is 42.5 Å². The van der Waals surface area contributed by atoms with E-state index in [4.69, 9.17) is 21.1 Å². The first-order chi connectivity index (χ1) is 13.2. The minimum absolute atomic E-state index is 0.0331. The van der Waals surface area contributed by atoms with Gasteiger partial charge in [0, 0.05) is 17.7 Å². The number of anilines is 1. The molecule has 0 fully saturated rings. The fourth-order valence-electron chi connectivity index (χ4n) is 2.32. The molecule has 3 rings (SSSR count). The second-order valence-corrected chi connectivity index (χ2v) is 7.61. The molecular formula is C17H11ClN2O7S. The molecule has 2 N–H and O–H groups in total. The van der Waals surface area contributed by atoms with Crippen molar-refractivity contribution in [3.05, 3.63) is 75.5 Å². The number of hydrogen-bond acceptors (Lipinski definition) is 6. The molecule has 0 radical (unpaired) electrons. The number of carbonyl (C=O) groups is 1. The SMILES string of the molecule is O=C(O)c1ccc(-c2ccc(Cl)c(NS(=O)(=O)c3ccc([N+](=O)[O-])cc3)c2)o1. The number of nitrogens with zero attached hydrogens (tertiary/aromatic N) is 1. The average Bonchev–Trinajstić information content (AvgIpc) is 3.14. The molecule has 9 nitrogen and oxygen atoms in total. The normalized spacial score (nSPS) is 11.2. The second-order valence-electron chi connectivity index (χ2n) is 5.52. The van der Waals surface area contributed by atoms with Crippen molar-refractivity contribution in [3.8, 4) is 11.3 Å². The molecule has 0 aliphatic rings. The minimum Gasteiger partial charge on any atom is -0.475 e. The number of carboxylic acid groups (broad SMARTS) is 1. The fraction of sp³-hybridized carbons (Fsp3) is 0. The van der Waals surface area contributed by atoms with Crippen LogP contribution in [0.5, 0.6) is 0 Å². The summed E-state index contributed by atoms with van der Waals surface area (Å²) in [6.07, 6.45) is 0. The summed E-state index contributed by atoms with van der Waals surface area (Å²) in [5, 5.41) is 19.7. The third kappa shape index (κ3) is 3.97. The van der Waals surface area contributed by atoms with Crippen LogP contribution in [0.2, 0.25) is 5.02 Å². The van der Waals surface area contributed by atoms with Crippen molar-refractivity contribution in [2.24, 2.45) is 0 Å². The zero-order chi connectivity index (χ0) is 20.5. The first kappa shape index (κ1) is 19.4. The monoisotopic (exact) mass is 422 g/mol. The van der Waals surface area contributed by atoms with E-state index < -0.39 is 20.9 Å². The Labute approximate surface area is 163 Å². The molecule has 0 atom stereocenters. The summed E-state index contributed by atoms with van der Waals surface area (Å²) in [4.78, 5) is 20.8. The van der Waals surface area contributed by atoms with Crippen LogP contribution in [0.4, 0.5) is 11.4 Å². The number of benzene rings is 2. The standard InChI is InChI=1S/C17H11ClN2O7S/c18-13-6-1-10(15-7-8-16(27-15)17(21)22)9-14(13)19-28(25,26)12-4-2-11(3-5-12)20(23)24/h1-9,19H,(H,21,22). The van der Waals surface area contributed by atoms with Crippen LogP contribution in [-0.4, -0.2) is 24.4 Å². The highest BCUT2D eigenvalue weighted by Gasteiger charge is 2.19. The highest BCUT2D eigenvalue weighted by Crippen LogP contribution is 2.31. The number of sulfonamides is 1. The highest BCUT2D eigenvalue weighted by molar-refractivity contribution is 7.92. The Hall–Kier alpha value is -3.37. The molecule has 11 heteroatoms. The van der Waals surface area contributed by atoms with Crippen LogP contribution in [0.3, 0.4) is 0 Å². The van der Waals surface area contributed by atoms with Crippen LogP contribution in [-0.2, 0) is 10.0 Å². The molecule has 144 valence electrons. The Balaban J connectivity index is 1.92. The van der Waals surface area contributed by atoms with Crippen LogP contribution < -0.4 is 4.72 Å². The van der Waals surface area contributed by atoms with E-state index in [9.17, 15) is 23.3 Å². The van der Waals surface area contributed by atoms with Crippen LogP contribution in [0.1, 0.15) is 10.6 Å². The van der Waals surface area contributed by atoms with Crippen LogP contribution in [0, 0.1) is 10.1 Å². The number of nitrogens with one attached hydrogen (secondary N) is 1. The lowest BCUT2D eigenvalue weighted by atomic mass is 10.1. The Kier molecular flexibility index (Phi) is 5.08.